The smallest absolute Gasteiger partial charge is 0.340 e. The Labute approximate surface area is 183 Å². The molecule has 0 spiro atoms. The molecule has 0 saturated carbocycles. The molecule has 28 heavy (non-hydrogen) atoms. The van der Waals surface area contributed by atoms with Gasteiger partial charge in [-0.3, -0.25) is 5.32 Å². The van der Waals surface area contributed by atoms with Gasteiger partial charge in [0.05, 0.1) is 16.8 Å². The van der Waals surface area contributed by atoms with Crippen molar-refractivity contribution in [1.29, 1.82) is 0 Å². The highest BCUT2D eigenvalue weighted by atomic mass is 79.9. The summed E-state index contributed by atoms with van der Waals surface area (Å²) >= 11 is 20.6. The quantitative estimate of drug-likeness (QED) is 0.304. The van der Waals surface area contributed by atoms with Crippen molar-refractivity contribution >= 4 is 74.4 Å². The van der Waals surface area contributed by atoms with Crippen LogP contribution in [0.4, 0.5) is 10.5 Å². The molecule has 0 aliphatic rings. The third kappa shape index (κ3) is 6.27. The Morgan fingerprint density at radius 2 is 1.64 bits per heavy atom. The van der Waals surface area contributed by atoms with Gasteiger partial charge in [-0.25, -0.2) is 14.4 Å². The number of nitrogens with one attached hydrogen (secondary N) is 2. The number of para-hydroxylation sites is 1. The lowest BCUT2D eigenvalue weighted by Crippen LogP contribution is -2.48. The number of halogens is 4. The van der Waals surface area contributed by atoms with Crippen molar-refractivity contribution in [3.63, 3.8) is 0 Å². The first-order valence-electron chi connectivity index (χ1n) is 7.51. The number of ether oxygens (including phenoxy) is 1. The standard InChI is InChI=1S/C17H12BrCl3N2O5/c18-10-7-5-9(6-8-10)14(26)28-15(17(19,20)21)23-16(27)22-12-4-2-1-3-11(12)13(24)25/h1-8,15H,(H,24,25)(H2,22,23,27)/t15-/m1/s1. The average molecular weight is 511 g/mol. The molecule has 2 amide bonds. The molecule has 0 radical (unpaired) electrons. The van der Waals surface area contributed by atoms with E-state index in [1.807, 2.05) is 0 Å². The van der Waals surface area contributed by atoms with Crippen LogP contribution in [0.1, 0.15) is 20.7 Å². The van der Waals surface area contributed by atoms with Crippen LogP contribution in [0.15, 0.2) is 53.0 Å². The zero-order valence-corrected chi connectivity index (χ0v) is 17.6. The molecule has 0 bridgehead atoms. The summed E-state index contributed by atoms with van der Waals surface area (Å²) in [5, 5.41) is 13.6. The minimum Gasteiger partial charge on any atom is -0.478 e. The summed E-state index contributed by atoms with van der Waals surface area (Å²) in [7, 11) is 0. The number of carbonyl (C=O) groups is 3. The van der Waals surface area contributed by atoms with Gasteiger partial charge in [0.2, 0.25) is 10.0 Å². The summed E-state index contributed by atoms with van der Waals surface area (Å²) in [5.74, 6) is -2.08. The highest BCUT2D eigenvalue weighted by molar-refractivity contribution is 9.10. The van der Waals surface area contributed by atoms with Crippen molar-refractivity contribution in [2.24, 2.45) is 0 Å². The van der Waals surface area contributed by atoms with Crippen molar-refractivity contribution in [1.82, 2.24) is 5.32 Å². The van der Waals surface area contributed by atoms with Gasteiger partial charge in [-0.2, -0.15) is 0 Å². The Morgan fingerprint density at radius 1 is 1.04 bits per heavy atom. The summed E-state index contributed by atoms with van der Waals surface area (Å²) in [5.41, 5.74) is 0.0330. The maximum absolute atomic E-state index is 12.2. The van der Waals surface area contributed by atoms with Crippen molar-refractivity contribution in [3.8, 4) is 0 Å². The lowest BCUT2D eigenvalue weighted by atomic mass is 10.2. The highest BCUT2D eigenvalue weighted by Gasteiger charge is 2.38. The van der Waals surface area contributed by atoms with E-state index < -0.39 is 28.0 Å². The maximum Gasteiger partial charge on any atom is 0.340 e. The van der Waals surface area contributed by atoms with E-state index in [9.17, 15) is 14.4 Å². The predicted molar refractivity (Wildman–Crippen MR) is 109 cm³/mol. The maximum atomic E-state index is 12.2. The van der Waals surface area contributed by atoms with Gasteiger partial charge in [0.15, 0.2) is 0 Å². The zero-order chi connectivity index (χ0) is 20.9. The van der Waals surface area contributed by atoms with E-state index >= 15 is 0 Å². The van der Waals surface area contributed by atoms with E-state index in [0.717, 1.165) is 4.47 Å². The molecule has 0 fully saturated rings. The number of aromatic carboxylic acids is 1. The van der Waals surface area contributed by atoms with Gasteiger partial charge in [-0.05, 0) is 36.4 Å². The lowest BCUT2D eigenvalue weighted by molar-refractivity contribution is 0.0261. The molecule has 0 saturated heterocycles. The summed E-state index contributed by atoms with van der Waals surface area (Å²) in [6.07, 6.45) is -1.65. The van der Waals surface area contributed by atoms with Gasteiger partial charge in [-0.1, -0.05) is 62.9 Å². The first kappa shape index (κ1) is 22.3. The molecule has 2 aromatic rings. The number of benzene rings is 2. The van der Waals surface area contributed by atoms with E-state index in [-0.39, 0.29) is 16.8 Å². The number of esters is 1. The van der Waals surface area contributed by atoms with E-state index in [0.29, 0.717) is 0 Å². The van der Waals surface area contributed by atoms with E-state index in [2.05, 4.69) is 26.6 Å². The molecule has 148 valence electrons. The molecule has 0 aliphatic heterocycles. The molecule has 11 heteroatoms. The number of carboxylic acid groups (broad SMARTS) is 1. The fourth-order valence-corrected chi connectivity index (χ4v) is 2.56. The van der Waals surface area contributed by atoms with E-state index in [1.165, 1.54) is 36.4 Å². The predicted octanol–water partition coefficient (Wildman–Crippen LogP) is 4.82. The summed E-state index contributed by atoms with van der Waals surface area (Å²) in [6.45, 7) is 0. The molecular formula is C17H12BrCl3N2O5. The Balaban J connectivity index is 2.12. The molecule has 0 heterocycles. The van der Waals surface area contributed by atoms with Crippen LogP contribution < -0.4 is 10.6 Å². The van der Waals surface area contributed by atoms with Crippen molar-refractivity contribution in [2.45, 2.75) is 10.0 Å². The molecule has 7 nitrogen and oxygen atoms in total. The third-order valence-corrected chi connectivity index (χ3v) is 4.39. The van der Waals surface area contributed by atoms with Crippen LogP contribution in [0.5, 0.6) is 0 Å². The minimum atomic E-state index is -2.19. The highest BCUT2D eigenvalue weighted by Crippen LogP contribution is 2.31. The largest absolute Gasteiger partial charge is 0.478 e. The lowest BCUT2D eigenvalue weighted by Gasteiger charge is -2.25. The SMILES string of the molecule is O=C(Nc1ccccc1C(=O)O)N[C@H](OC(=O)c1ccc(Br)cc1)C(Cl)(Cl)Cl. The molecule has 2 aromatic carbocycles. The normalized spacial score (nSPS) is 12.0. The number of hydrogen-bond donors (Lipinski definition) is 3. The van der Waals surface area contributed by atoms with Gasteiger partial charge in [0.25, 0.3) is 0 Å². The van der Waals surface area contributed by atoms with Crippen LogP contribution in [0.3, 0.4) is 0 Å². The van der Waals surface area contributed by atoms with Crippen LogP contribution in [0, 0.1) is 0 Å². The minimum absolute atomic E-state index is 0.00908. The first-order valence-corrected chi connectivity index (χ1v) is 9.43. The molecule has 1 atom stereocenters. The number of amides is 2. The van der Waals surface area contributed by atoms with Crippen LogP contribution in [0.2, 0.25) is 0 Å². The molecule has 3 N–H and O–H groups in total. The second kappa shape index (κ2) is 9.47. The van der Waals surface area contributed by atoms with Gasteiger partial charge < -0.3 is 15.2 Å². The topological polar surface area (TPSA) is 105 Å². The first-order chi connectivity index (χ1) is 13.1. The second-order valence-corrected chi connectivity index (χ2v) is 8.57. The molecular weight excluding hydrogens is 498 g/mol. The number of alkyl halides is 3. The van der Waals surface area contributed by atoms with Crippen LogP contribution in [0.25, 0.3) is 0 Å². The fraction of sp³-hybridized carbons (Fsp3) is 0.118. The summed E-state index contributed by atoms with van der Waals surface area (Å²) < 4.78 is 3.65. The van der Waals surface area contributed by atoms with Gasteiger partial charge in [0.1, 0.15) is 0 Å². The van der Waals surface area contributed by atoms with Crippen LogP contribution in [-0.4, -0.2) is 33.1 Å². The fourth-order valence-electron chi connectivity index (χ4n) is 2.00. The molecule has 0 aliphatic carbocycles. The Hall–Kier alpha value is -2.00. The van der Waals surface area contributed by atoms with E-state index in [1.54, 1.807) is 12.1 Å². The van der Waals surface area contributed by atoms with Crippen LogP contribution >= 0.6 is 50.7 Å². The number of anilines is 1. The average Bonchev–Trinajstić information content (AvgIpc) is 2.61. The number of hydrogen-bond acceptors (Lipinski definition) is 4. The van der Waals surface area contributed by atoms with Gasteiger partial charge in [0, 0.05) is 4.47 Å². The zero-order valence-electron chi connectivity index (χ0n) is 13.8. The van der Waals surface area contributed by atoms with Crippen molar-refractivity contribution < 1.29 is 24.2 Å². The summed E-state index contributed by atoms with van der Waals surface area (Å²) in [6, 6.07) is 11.0. The van der Waals surface area contributed by atoms with Crippen molar-refractivity contribution in [2.75, 3.05) is 5.32 Å². The van der Waals surface area contributed by atoms with Gasteiger partial charge in [-0.15, -0.1) is 0 Å². The molecule has 0 unspecified atom stereocenters. The number of urea groups is 1. The number of rotatable bonds is 5. The van der Waals surface area contributed by atoms with E-state index in [4.69, 9.17) is 44.6 Å². The monoisotopic (exact) mass is 508 g/mol. The number of carbonyl (C=O) groups excluding carboxylic acids is 2. The second-order valence-electron chi connectivity index (χ2n) is 5.28. The Bertz CT molecular complexity index is 887. The van der Waals surface area contributed by atoms with Crippen molar-refractivity contribution in [3.05, 3.63) is 64.1 Å². The Kier molecular flexibility index (Phi) is 7.54. The number of carboxylic acids is 1. The van der Waals surface area contributed by atoms with Gasteiger partial charge >= 0.3 is 18.0 Å². The molecule has 0 aromatic heterocycles. The third-order valence-electron chi connectivity index (χ3n) is 3.27. The van der Waals surface area contributed by atoms with Crippen LogP contribution in [-0.2, 0) is 4.74 Å². The molecule has 2 rings (SSSR count). The summed E-state index contributed by atoms with van der Waals surface area (Å²) in [4.78, 5) is 35.7. The Morgan fingerprint density at radius 3 is 2.21 bits per heavy atom.